The first-order valence-electron chi connectivity index (χ1n) is 5.37. The fraction of sp³-hybridized carbons (Fsp3) is 0.214. The summed E-state index contributed by atoms with van der Waals surface area (Å²) in [5, 5.41) is 1.11. The average molecular weight is 212 g/mol. The molecule has 1 aromatic carbocycles. The van der Waals surface area contributed by atoms with Gasteiger partial charge >= 0.3 is 0 Å². The summed E-state index contributed by atoms with van der Waals surface area (Å²) in [7, 11) is 0. The Morgan fingerprint density at radius 1 is 1.38 bits per heavy atom. The molecule has 2 rings (SSSR count). The molecule has 0 aliphatic heterocycles. The number of nitrogens with zero attached hydrogens (tertiary/aromatic N) is 1. The Morgan fingerprint density at radius 3 is 2.75 bits per heavy atom. The third-order valence-corrected chi connectivity index (χ3v) is 2.74. The van der Waals surface area contributed by atoms with Crippen LogP contribution in [0.2, 0.25) is 0 Å². The maximum absolute atomic E-state index is 6.15. The summed E-state index contributed by atoms with van der Waals surface area (Å²) in [4.78, 5) is 4.49. The van der Waals surface area contributed by atoms with E-state index in [1.807, 2.05) is 38.1 Å². The molecule has 0 bridgehead atoms. The SMILES string of the molecule is C=C(C)C(N)c1cc(C)nc2ccccc12. The molecular weight excluding hydrogens is 196 g/mol. The molecule has 0 spiro atoms. The van der Waals surface area contributed by atoms with Crippen LogP contribution in [0.15, 0.2) is 42.5 Å². The highest BCUT2D eigenvalue weighted by Gasteiger charge is 2.11. The van der Waals surface area contributed by atoms with Crippen LogP contribution < -0.4 is 5.73 Å². The Morgan fingerprint density at radius 2 is 2.06 bits per heavy atom. The molecule has 0 aliphatic rings. The lowest BCUT2D eigenvalue weighted by Crippen LogP contribution is -2.12. The topological polar surface area (TPSA) is 38.9 Å². The smallest absolute Gasteiger partial charge is 0.0708 e. The summed E-state index contributed by atoms with van der Waals surface area (Å²) in [6.07, 6.45) is 0. The normalized spacial score (nSPS) is 12.7. The molecule has 1 unspecified atom stereocenters. The number of aryl methyl sites for hydroxylation is 1. The molecule has 1 aromatic heterocycles. The van der Waals surface area contributed by atoms with Crippen LogP contribution in [0.25, 0.3) is 10.9 Å². The van der Waals surface area contributed by atoms with Crippen LogP contribution in [0.5, 0.6) is 0 Å². The first-order valence-corrected chi connectivity index (χ1v) is 5.37. The number of para-hydroxylation sites is 1. The number of hydrogen-bond acceptors (Lipinski definition) is 2. The Labute approximate surface area is 95.8 Å². The van der Waals surface area contributed by atoms with Crippen molar-refractivity contribution >= 4 is 10.9 Å². The molecule has 0 saturated heterocycles. The molecule has 0 saturated carbocycles. The van der Waals surface area contributed by atoms with Gasteiger partial charge in [0.2, 0.25) is 0 Å². The van der Waals surface area contributed by atoms with Gasteiger partial charge in [-0.3, -0.25) is 4.98 Å². The van der Waals surface area contributed by atoms with Crippen molar-refractivity contribution in [3.05, 3.63) is 53.7 Å². The number of pyridine rings is 1. The summed E-state index contributed by atoms with van der Waals surface area (Å²) >= 11 is 0. The van der Waals surface area contributed by atoms with Gasteiger partial charge in [-0.1, -0.05) is 30.4 Å². The predicted octanol–water partition coefficient (Wildman–Crippen LogP) is 3.12. The third kappa shape index (κ3) is 1.84. The second-order valence-corrected chi connectivity index (χ2v) is 4.19. The molecule has 2 N–H and O–H groups in total. The number of rotatable bonds is 2. The lowest BCUT2D eigenvalue weighted by atomic mass is 9.97. The van der Waals surface area contributed by atoms with Crippen molar-refractivity contribution in [1.29, 1.82) is 0 Å². The standard InChI is InChI=1S/C14H16N2/c1-9(2)14(15)12-8-10(3)16-13-7-5-4-6-11(12)13/h4-8,14H,1,15H2,2-3H3. The van der Waals surface area contributed by atoms with Crippen molar-refractivity contribution in [2.24, 2.45) is 5.73 Å². The fourth-order valence-corrected chi connectivity index (χ4v) is 1.86. The Balaban J connectivity index is 2.72. The minimum atomic E-state index is -0.119. The van der Waals surface area contributed by atoms with Crippen LogP contribution in [-0.4, -0.2) is 4.98 Å². The highest BCUT2D eigenvalue weighted by molar-refractivity contribution is 5.83. The van der Waals surface area contributed by atoms with Crippen LogP contribution in [0.1, 0.15) is 24.2 Å². The number of benzene rings is 1. The molecule has 0 amide bonds. The van der Waals surface area contributed by atoms with Gasteiger partial charge in [0.1, 0.15) is 0 Å². The monoisotopic (exact) mass is 212 g/mol. The zero-order valence-corrected chi connectivity index (χ0v) is 9.70. The van der Waals surface area contributed by atoms with Crippen molar-refractivity contribution in [2.45, 2.75) is 19.9 Å². The maximum atomic E-state index is 6.15. The van der Waals surface area contributed by atoms with E-state index < -0.39 is 0 Å². The summed E-state index contributed by atoms with van der Waals surface area (Å²) < 4.78 is 0. The molecule has 82 valence electrons. The van der Waals surface area contributed by atoms with Gasteiger partial charge in [-0.2, -0.15) is 0 Å². The fourth-order valence-electron chi connectivity index (χ4n) is 1.86. The number of hydrogen-bond donors (Lipinski definition) is 1. The third-order valence-electron chi connectivity index (χ3n) is 2.74. The molecule has 2 aromatic rings. The molecule has 0 radical (unpaired) electrons. The lowest BCUT2D eigenvalue weighted by molar-refractivity contribution is 0.855. The quantitative estimate of drug-likeness (QED) is 0.777. The Bertz CT molecular complexity index is 543. The minimum Gasteiger partial charge on any atom is -0.321 e. The van der Waals surface area contributed by atoms with E-state index in [0.29, 0.717) is 0 Å². The lowest BCUT2D eigenvalue weighted by Gasteiger charge is -2.15. The van der Waals surface area contributed by atoms with Gasteiger partial charge in [-0.15, -0.1) is 0 Å². The highest BCUT2D eigenvalue weighted by atomic mass is 14.7. The van der Waals surface area contributed by atoms with Crippen LogP contribution in [0, 0.1) is 6.92 Å². The van der Waals surface area contributed by atoms with Gasteiger partial charge in [0.15, 0.2) is 0 Å². The Kier molecular flexibility index (Phi) is 2.75. The molecule has 16 heavy (non-hydrogen) atoms. The molecule has 1 heterocycles. The van der Waals surface area contributed by atoms with E-state index >= 15 is 0 Å². The van der Waals surface area contributed by atoms with E-state index in [1.54, 1.807) is 0 Å². The molecule has 0 aliphatic carbocycles. The molecule has 0 fully saturated rings. The van der Waals surface area contributed by atoms with Gasteiger partial charge in [0, 0.05) is 11.1 Å². The van der Waals surface area contributed by atoms with Crippen molar-refractivity contribution in [3.8, 4) is 0 Å². The van der Waals surface area contributed by atoms with E-state index in [-0.39, 0.29) is 6.04 Å². The average Bonchev–Trinajstić information content (AvgIpc) is 2.26. The van der Waals surface area contributed by atoms with Crippen LogP contribution in [0.3, 0.4) is 0 Å². The molecule has 1 atom stereocenters. The summed E-state index contributed by atoms with van der Waals surface area (Å²) in [6.45, 7) is 7.86. The number of aromatic nitrogens is 1. The second kappa shape index (κ2) is 4.06. The van der Waals surface area contributed by atoms with E-state index in [1.165, 1.54) is 0 Å². The summed E-state index contributed by atoms with van der Waals surface area (Å²) in [6, 6.07) is 9.99. The van der Waals surface area contributed by atoms with E-state index in [4.69, 9.17) is 5.73 Å². The number of nitrogens with two attached hydrogens (primary N) is 1. The predicted molar refractivity (Wildman–Crippen MR) is 68.2 cm³/mol. The van der Waals surface area contributed by atoms with Crippen molar-refractivity contribution in [2.75, 3.05) is 0 Å². The highest BCUT2D eigenvalue weighted by Crippen LogP contribution is 2.26. The zero-order chi connectivity index (χ0) is 11.7. The van der Waals surface area contributed by atoms with Gasteiger partial charge < -0.3 is 5.73 Å². The summed E-state index contributed by atoms with van der Waals surface area (Å²) in [5.74, 6) is 0. The first kappa shape index (κ1) is 10.8. The van der Waals surface area contributed by atoms with Crippen molar-refractivity contribution in [1.82, 2.24) is 4.98 Å². The van der Waals surface area contributed by atoms with Gasteiger partial charge in [-0.25, -0.2) is 0 Å². The van der Waals surface area contributed by atoms with Gasteiger partial charge in [0.25, 0.3) is 0 Å². The zero-order valence-electron chi connectivity index (χ0n) is 9.70. The van der Waals surface area contributed by atoms with Crippen molar-refractivity contribution in [3.63, 3.8) is 0 Å². The van der Waals surface area contributed by atoms with Gasteiger partial charge in [-0.05, 0) is 31.5 Å². The Hall–Kier alpha value is -1.67. The van der Waals surface area contributed by atoms with E-state index in [2.05, 4.69) is 17.6 Å². The summed E-state index contributed by atoms with van der Waals surface area (Å²) in [5.41, 5.74) is 10.2. The number of fused-ring (bicyclic) bond motifs is 1. The minimum absolute atomic E-state index is 0.119. The van der Waals surface area contributed by atoms with Crippen molar-refractivity contribution < 1.29 is 0 Å². The first-order chi connectivity index (χ1) is 7.59. The van der Waals surface area contributed by atoms with Crippen LogP contribution >= 0.6 is 0 Å². The van der Waals surface area contributed by atoms with E-state index in [0.717, 1.165) is 27.7 Å². The maximum Gasteiger partial charge on any atom is 0.0708 e. The molecule has 2 nitrogen and oxygen atoms in total. The van der Waals surface area contributed by atoms with Gasteiger partial charge in [0.05, 0.1) is 11.6 Å². The second-order valence-electron chi connectivity index (χ2n) is 4.19. The van der Waals surface area contributed by atoms with Crippen LogP contribution in [0.4, 0.5) is 0 Å². The molecular formula is C14H16N2. The largest absolute Gasteiger partial charge is 0.321 e. The van der Waals surface area contributed by atoms with Crippen LogP contribution in [-0.2, 0) is 0 Å². The molecule has 2 heteroatoms. The van der Waals surface area contributed by atoms with E-state index in [9.17, 15) is 0 Å².